The maximum Gasteiger partial charge on any atom is 0.368 e. The number of hydrogen-bond acceptors (Lipinski definition) is 4. The summed E-state index contributed by atoms with van der Waals surface area (Å²) in [7, 11) is 0. The van der Waals surface area contributed by atoms with Crippen molar-refractivity contribution in [2.24, 2.45) is 0 Å². The molecule has 0 atom stereocenters. The van der Waals surface area contributed by atoms with Gasteiger partial charge in [0, 0.05) is 12.1 Å². The summed E-state index contributed by atoms with van der Waals surface area (Å²) in [6, 6.07) is 0. The summed E-state index contributed by atoms with van der Waals surface area (Å²) in [6.07, 6.45) is 0. The highest BCUT2D eigenvalue weighted by Gasteiger charge is 2.04. The zero-order valence-electron chi connectivity index (χ0n) is 9.21. The highest BCUT2D eigenvalue weighted by molar-refractivity contribution is 5.86. The zero-order valence-corrected chi connectivity index (χ0v) is 9.21. The van der Waals surface area contributed by atoms with Crippen LogP contribution in [0.15, 0.2) is 12.2 Å². The molecule has 0 N–H and O–H groups in total. The lowest BCUT2D eigenvalue weighted by molar-refractivity contribution is -0.269. The molecule has 0 rings (SSSR count). The van der Waals surface area contributed by atoms with E-state index in [0.717, 1.165) is 19.6 Å². The van der Waals surface area contributed by atoms with Crippen molar-refractivity contribution in [3.8, 4) is 0 Å². The molecule has 82 valence electrons. The van der Waals surface area contributed by atoms with Gasteiger partial charge in [-0.15, -0.1) is 0 Å². The van der Waals surface area contributed by atoms with Crippen LogP contribution in [0.3, 0.4) is 0 Å². The van der Waals surface area contributed by atoms with Gasteiger partial charge in [-0.25, -0.2) is 4.79 Å². The molecule has 0 saturated heterocycles. The molecule has 0 saturated carbocycles. The standard InChI is InChI=1S/C10H19NO3/c1-5-11(6-2)7-8-13-14-10(12)9(3)4/h3,5-8H2,1-2,4H3. The molecule has 0 aliphatic heterocycles. The van der Waals surface area contributed by atoms with Gasteiger partial charge in [0.25, 0.3) is 0 Å². The monoisotopic (exact) mass is 201 g/mol. The lowest BCUT2D eigenvalue weighted by atomic mass is 10.4. The second-order valence-electron chi connectivity index (χ2n) is 3.00. The zero-order chi connectivity index (χ0) is 11.0. The highest BCUT2D eigenvalue weighted by atomic mass is 17.2. The van der Waals surface area contributed by atoms with Crippen molar-refractivity contribution in [1.29, 1.82) is 0 Å². The Morgan fingerprint density at radius 1 is 1.36 bits per heavy atom. The molecule has 0 aliphatic carbocycles. The third-order valence-corrected chi connectivity index (χ3v) is 1.87. The summed E-state index contributed by atoms with van der Waals surface area (Å²) < 4.78 is 0. The van der Waals surface area contributed by atoms with Crippen LogP contribution in [-0.2, 0) is 14.6 Å². The molecule has 0 bridgehead atoms. The van der Waals surface area contributed by atoms with Gasteiger partial charge in [-0.05, 0) is 20.0 Å². The van der Waals surface area contributed by atoms with Crippen molar-refractivity contribution < 1.29 is 14.6 Å². The van der Waals surface area contributed by atoms with Gasteiger partial charge < -0.3 is 4.90 Å². The van der Waals surface area contributed by atoms with E-state index in [-0.39, 0.29) is 0 Å². The van der Waals surface area contributed by atoms with Gasteiger partial charge in [-0.1, -0.05) is 20.4 Å². The molecular formula is C10H19NO3. The minimum absolute atomic E-state index is 0.341. The molecule has 14 heavy (non-hydrogen) atoms. The van der Waals surface area contributed by atoms with E-state index in [0.29, 0.717) is 12.2 Å². The molecule has 0 aromatic carbocycles. The molecule has 0 aliphatic rings. The predicted molar refractivity (Wildman–Crippen MR) is 54.6 cm³/mol. The molecule has 0 unspecified atom stereocenters. The van der Waals surface area contributed by atoms with E-state index >= 15 is 0 Å². The van der Waals surface area contributed by atoms with E-state index in [1.165, 1.54) is 0 Å². The van der Waals surface area contributed by atoms with Crippen LogP contribution < -0.4 is 0 Å². The first kappa shape index (κ1) is 13.1. The van der Waals surface area contributed by atoms with Crippen LogP contribution in [0, 0.1) is 0 Å². The van der Waals surface area contributed by atoms with Gasteiger partial charge in [0.05, 0.1) is 0 Å². The first-order valence-corrected chi connectivity index (χ1v) is 4.83. The topological polar surface area (TPSA) is 38.8 Å². The summed E-state index contributed by atoms with van der Waals surface area (Å²) in [5.74, 6) is -0.510. The Morgan fingerprint density at radius 2 is 1.93 bits per heavy atom. The number of carbonyl (C=O) groups is 1. The second kappa shape index (κ2) is 7.53. The fourth-order valence-electron chi connectivity index (χ4n) is 0.873. The largest absolute Gasteiger partial charge is 0.368 e. The fourth-order valence-corrected chi connectivity index (χ4v) is 0.873. The Hall–Kier alpha value is -0.870. The van der Waals surface area contributed by atoms with Crippen LogP contribution in [0.1, 0.15) is 20.8 Å². The molecule has 0 aromatic rings. The van der Waals surface area contributed by atoms with Crippen molar-refractivity contribution in [3.05, 3.63) is 12.2 Å². The lowest BCUT2D eigenvalue weighted by Gasteiger charge is -2.16. The first-order chi connectivity index (χ1) is 6.61. The first-order valence-electron chi connectivity index (χ1n) is 4.83. The van der Waals surface area contributed by atoms with E-state index in [1.807, 2.05) is 0 Å². The summed E-state index contributed by atoms with van der Waals surface area (Å²) in [6.45, 7) is 12.2. The number of carbonyl (C=O) groups excluding carboxylic acids is 1. The lowest BCUT2D eigenvalue weighted by Crippen LogP contribution is -2.27. The van der Waals surface area contributed by atoms with E-state index in [4.69, 9.17) is 4.89 Å². The summed E-state index contributed by atoms with van der Waals surface area (Å²) >= 11 is 0. The quantitative estimate of drug-likeness (QED) is 0.270. The second-order valence-corrected chi connectivity index (χ2v) is 3.00. The maximum absolute atomic E-state index is 10.9. The van der Waals surface area contributed by atoms with Gasteiger partial charge in [0.1, 0.15) is 6.61 Å². The summed E-state index contributed by atoms with van der Waals surface area (Å²) in [5.41, 5.74) is 0.341. The van der Waals surface area contributed by atoms with Gasteiger partial charge >= 0.3 is 5.97 Å². The molecule has 0 amide bonds. The van der Waals surface area contributed by atoms with Crippen LogP contribution >= 0.6 is 0 Å². The smallest absolute Gasteiger partial charge is 0.301 e. The van der Waals surface area contributed by atoms with Crippen molar-refractivity contribution in [2.45, 2.75) is 20.8 Å². The van der Waals surface area contributed by atoms with Crippen LogP contribution in [0.5, 0.6) is 0 Å². The van der Waals surface area contributed by atoms with Gasteiger partial charge in [0.15, 0.2) is 0 Å². The van der Waals surface area contributed by atoms with Crippen molar-refractivity contribution >= 4 is 5.97 Å². The average molecular weight is 201 g/mol. The van der Waals surface area contributed by atoms with Crippen LogP contribution in [0.2, 0.25) is 0 Å². The third-order valence-electron chi connectivity index (χ3n) is 1.87. The van der Waals surface area contributed by atoms with E-state index in [9.17, 15) is 4.79 Å². The van der Waals surface area contributed by atoms with E-state index < -0.39 is 5.97 Å². The maximum atomic E-state index is 10.9. The Kier molecular flexibility index (Phi) is 7.06. The number of rotatable bonds is 7. The van der Waals surface area contributed by atoms with Gasteiger partial charge in [0.2, 0.25) is 0 Å². The Morgan fingerprint density at radius 3 is 2.36 bits per heavy atom. The van der Waals surface area contributed by atoms with Crippen molar-refractivity contribution in [1.82, 2.24) is 4.90 Å². The average Bonchev–Trinajstić information content (AvgIpc) is 2.17. The van der Waals surface area contributed by atoms with Crippen LogP contribution in [-0.4, -0.2) is 37.1 Å². The van der Waals surface area contributed by atoms with E-state index in [1.54, 1.807) is 6.92 Å². The van der Waals surface area contributed by atoms with Crippen LogP contribution in [0.25, 0.3) is 0 Å². The number of likely N-dealkylation sites (N-methyl/N-ethyl adjacent to an activating group) is 1. The van der Waals surface area contributed by atoms with Crippen molar-refractivity contribution in [3.63, 3.8) is 0 Å². The Labute approximate surface area is 85.4 Å². The minimum Gasteiger partial charge on any atom is -0.301 e. The molecule has 0 heterocycles. The van der Waals surface area contributed by atoms with Crippen molar-refractivity contribution in [2.75, 3.05) is 26.2 Å². The third kappa shape index (κ3) is 5.72. The normalized spacial score (nSPS) is 10.3. The summed E-state index contributed by atoms with van der Waals surface area (Å²) in [5, 5.41) is 0. The molecule has 0 radical (unpaired) electrons. The minimum atomic E-state index is -0.510. The number of hydrogen-bond donors (Lipinski definition) is 0. The molecular weight excluding hydrogens is 182 g/mol. The fraction of sp³-hybridized carbons (Fsp3) is 0.700. The van der Waals surface area contributed by atoms with Gasteiger partial charge in [-0.3, -0.25) is 4.89 Å². The highest BCUT2D eigenvalue weighted by Crippen LogP contribution is 1.93. The Balaban J connectivity index is 3.46. The molecule has 0 aromatic heterocycles. The SMILES string of the molecule is C=C(C)C(=O)OOCCN(CC)CC. The molecule has 0 fully saturated rings. The summed E-state index contributed by atoms with van der Waals surface area (Å²) in [4.78, 5) is 22.3. The molecule has 4 heteroatoms. The number of nitrogens with zero attached hydrogens (tertiary/aromatic N) is 1. The Bertz CT molecular complexity index is 188. The van der Waals surface area contributed by atoms with Gasteiger partial charge in [-0.2, -0.15) is 4.89 Å². The molecule has 4 nitrogen and oxygen atoms in total. The molecule has 0 spiro atoms. The predicted octanol–water partition coefficient (Wildman–Crippen LogP) is 1.38. The van der Waals surface area contributed by atoms with Crippen LogP contribution in [0.4, 0.5) is 0 Å². The van der Waals surface area contributed by atoms with E-state index in [2.05, 4.69) is 30.2 Å².